The van der Waals surface area contributed by atoms with Gasteiger partial charge in [0, 0.05) is 23.9 Å². The van der Waals surface area contributed by atoms with Gasteiger partial charge in [-0.25, -0.2) is 0 Å². The van der Waals surface area contributed by atoms with Crippen molar-refractivity contribution in [1.82, 2.24) is 5.32 Å². The number of phenols is 3. The molecule has 5 heteroatoms. The van der Waals surface area contributed by atoms with Crippen LogP contribution in [-0.4, -0.2) is 33.4 Å². The van der Waals surface area contributed by atoms with E-state index in [-0.39, 0.29) is 11.5 Å². The summed E-state index contributed by atoms with van der Waals surface area (Å²) < 4.78 is 0. The summed E-state index contributed by atoms with van der Waals surface area (Å²) in [5.41, 5.74) is 0.583. The highest BCUT2D eigenvalue weighted by Crippen LogP contribution is 2.36. The number of thioether (sulfide) groups is 1. The van der Waals surface area contributed by atoms with E-state index in [0.29, 0.717) is 18.2 Å². The van der Waals surface area contributed by atoms with Gasteiger partial charge in [-0.05, 0) is 18.7 Å². The molecule has 0 aliphatic rings. The third kappa shape index (κ3) is 3.71. The summed E-state index contributed by atoms with van der Waals surface area (Å²) >= 11 is 1.76. The van der Waals surface area contributed by atoms with Gasteiger partial charge in [0.05, 0.1) is 0 Å². The van der Waals surface area contributed by atoms with Crippen LogP contribution in [0.25, 0.3) is 0 Å². The van der Waals surface area contributed by atoms with E-state index in [4.69, 9.17) is 0 Å². The van der Waals surface area contributed by atoms with E-state index in [1.165, 1.54) is 6.07 Å². The molecule has 0 aliphatic heterocycles. The molecule has 0 amide bonds. The third-order valence-corrected chi connectivity index (χ3v) is 3.39. The van der Waals surface area contributed by atoms with E-state index in [9.17, 15) is 15.3 Å². The van der Waals surface area contributed by atoms with Gasteiger partial charge < -0.3 is 20.6 Å². The second-order valence-electron chi connectivity index (χ2n) is 3.88. The number of hydrogen-bond donors (Lipinski definition) is 4. The first-order chi connectivity index (χ1) is 8.10. The molecule has 1 aromatic rings. The number of rotatable bonds is 6. The van der Waals surface area contributed by atoms with Crippen LogP contribution in [0.2, 0.25) is 0 Å². The van der Waals surface area contributed by atoms with Crippen molar-refractivity contribution in [3.05, 3.63) is 17.7 Å². The minimum atomic E-state index is -0.456. The Morgan fingerprint density at radius 2 is 1.94 bits per heavy atom. The van der Waals surface area contributed by atoms with Gasteiger partial charge in [-0.1, -0.05) is 13.0 Å². The van der Waals surface area contributed by atoms with Crippen molar-refractivity contribution in [2.75, 3.05) is 12.0 Å². The molecule has 0 saturated carbocycles. The third-order valence-electron chi connectivity index (χ3n) is 2.66. The lowest BCUT2D eigenvalue weighted by atomic mass is 10.1. The van der Waals surface area contributed by atoms with Crippen molar-refractivity contribution in [2.45, 2.75) is 25.9 Å². The van der Waals surface area contributed by atoms with Crippen molar-refractivity contribution in [3.8, 4) is 17.2 Å². The lowest BCUT2D eigenvalue weighted by molar-refractivity contribution is 0.363. The molecule has 4 N–H and O–H groups in total. The minimum absolute atomic E-state index is 0.253. The minimum Gasteiger partial charge on any atom is -0.504 e. The maximum atomic E-state index is 9.64. The quantitative estimate of drug-likeness (QED) is 0.587. The van der Waals surface area contributed by atoms with Crippen molar-refractivity contribution < 1.29 is 15.3 Å². The largest absolute Gasteiger partial charge is 0.504 e. The molecule has 0 heterocycles. The number of nitrogens with one attached hydrogen (secondary N) is 1. The van der Waals surface area contributed by atoms with Crippen molar-refractivity contribution in [2.24, 2.45) is 0 Å². The Bertz CT molecular complexity index is 371. The maximum Gasteiger partial charge on any atom is 0.200 e. The molecule has 1 unspecified atom stereocenters. The van der Waals surface area contributed by atoms with Gasteiger partial charge in [0.2, 0.25) is 5.75 Å². The van der Waals surface area contributed by atoms with Crippen molar-refractivity contribution >= 4 is 11.8 Å². The average molecular weight is 257 g/mol. The fourth-order valence-corrected chi connectivity index (χ4v) is 2.29. The van der Waals surface area contributed by atoms with Crippen LogP contribution in [-0.2, 0) is 6.54 Å². The molecule has 1 rings (SSSR count). The number of phenolic OH excluding ortho intramolecular Hbond substituents is 3. The predicted octanol–water partition coefficient (Wildman–Crippen LogP) is 2.03. The first-order valence-corrected chi connectivity index (χ1v) is 6.94. The zero-order valence-electron chi connectivity index (χ0n) is 10.1. The Hall–Kier alpha value is -1.07. The summed E-state index contributed by atoms with van der Waals surface area (Å²) in [7, 11) is 0. The van der Waals surface area contributed by atoms with E-state index in [0.717, 1.165) is 12.2 Å². The highest BCUT2D eigenvalue weighted by atomic mass is 32.2. The van der Waals surface area contributed by atoms with E-state index in [1.807, 2.05) is 6.26 Å². The fraction of sp³-hybridized carbons (Fsp3) is 0.500. The molecule has 0 aliphatic carbocycles. The monoisotopic (exact) mass is 257 g/mol. The van der Waals surface area contributed by atoms with Gasteiger partial charge >= 0.3 is 0 Å². The Balaban J connectivity index is 2.66. The first kappa shape index (κ1) is 14.0. The predicted molar refractivity (Wildman–Crippen MR) is 70.7 cm³/mol. The molecule has 1 aromatic carbocycles. The number of benzene rings is 1. The molecular weight excluding hydrogens is 238 g/mol. The smallest absolute Gasteiger partial charge is 0.200 e. The Labute approximate surface area is 106 Å². The topological polar surface area (TPSA) is 72.7 Å². The van der Waals surface area contributed by atoms with Gasteiger partial charge in [0.15, 0.2) is 11.5 Å². The van der Waals surface area contributed by atoms with Gasteiger partial charge in [0.25, 0.3) is 0 Å². The first-order valence-electron chi connectivity index (χ1n) is 5.55. The van der Waals surface area contributed by atoms with Crippen LogP contribution in [0.15, 0.2) is 12.1 Å². The van der Waals surface area contributed by atoms with Crippen LogP contribution < -0.4 is 5.32 Å². The highest BCUT2D eigenvalue weighted by molar-refractivity contribution is 7.98. The number of aromatic hydroxyl groups is 3. The summed E-state index contributed by atoms with van der Waals surface area (Å²) in [6, 6.07) is 3.35. The second kappa shape index (κ2) is 6.61. The fourth-order valence-electron chi connectivity index (χ4n) is 1.53. The molecule has 0 aromatic heterocycles. The zero-order chi connectivity index (χ0) is 12.8. The van der Waals surface area contributed by atoms with Crippen LogP contribution in [0.3, 0.4) is 0 Å². The normalized spacial score (nSPS) is 12.6. The molecule has 4 nitrogen and oxygen atoms in total. The molecule has 0 fully saturated rings. The molecule has 96 valence electrons. The molecule has 0 radical (unpaired) electrons. The Kier molecular flexibility index (Phi) is 5.44. The lowest BCUT2D eigenvalue weighted by Gasteiger charge is -2.16. The molecule has 1 atom stereocenters. The highest BCUT2D eigenvalue weighted by Gasteiger charge is 2.12. The van der Waals surface area contributed by atoms with E-state index >= 15 is 0 Å². The van der Waals surface area contributed by atoms with Crippen molar-refractivity contribution in [3.63, 3.8) is 0 Å². The van der Waals surface area contributed by atoms with Crippen LogP contribution >= 0.6 is 11.8 Å². The summed E-state index contributed by atoms with van der Waals surface area (Å²) in [5.74, 6) is -0.0115. The van der Waals surface area contributed by atoms with Crippen LogP contribution in [0.1, 0.15) is 18.9 Å². The van der Waals surface area contributed by atoms with E-state index < -0.39 is 5.75 Å². The maximum absolute atomic E-state index is 9.64. The van der Waals surface area contributed by atoms with Crippen LogP contribution in [0, 0.1) is 0 Å². The van der Waals surface area contributed by atoms with Gasteiger partial charge in [-0.3, -0.25) is 0 Å². The second-order valence-corrected chi connectivity index (χ2v) is 4.79. The van der Waals surface area contributed by atoms with Crippen LogP contribution in [0.4, 0.5) is 0 Å². The number of hydrogen-bond acceptors (Lipinski definition) is 5. The van der Waals surface area contributed by atoms with Crippen LogP contribution in [0.5, 0.6) is 17.2 Å². The van der Waals surface area contributed by atoms with Gasteiger partial charge in [-0.2, -0.15) is 11.8 Å². The van der Waals surface area contributed by atoms with Gasteiger partial charge in [0.1, 0.15) is 0 Å². The van der Waals surface area contributed by atoms with Gasteiger partial charge in [-0.15, -0.1) is 0 Å². The summed E-state index contributed by atoms with van der Waals surface area (Å²) in [5, 5.41) is 31.5. The Morgan fingerprint density at radius 1 is 1.24 bits per heavy atom. The summed E-state index contributed by atoms with van der Waals surface area (Å²) in [4.78, 5) is 0. The SMILES string of the molecule is CCC(CSC)NCc1ccc(O)c(O)c1O. The standard InChI is InChI=1S/C12H19NO3S/c1-3-9(7-17-2)13-6-8-4-5-10(14)12(16)11(8)15/h4-5,9,13-16H,3,6-7H2,1-2H3. The molecule has 0 spiro atoms. The zero-order valence-corrected chi connectivity index (χ0v) is 10.9. The van der Waals surface area contributed by atoms with Crippen molar-refractivity contribution in [1.29, 1.82) is 0 Å². The average Bonchev–Trinajstić information content (AvgIpc) is 2.33. The molecular formula is C12H19NO3S. The molecule has 0 saturated heterocycles. The Morgan fingerprint density at radius 3 is 2.53 bits per heavy atom. The molecule has 17 heavy (non-hydrogen) atoms. The van der Waals surface area contributed by atoms with E-state index in [2.05, 4.69) is 12.2 Å². The van der Waals surface area contributed by atoms with E-state index in [1.54, 1.807) is 17.8 Å². The molecule has 0 bridgehead atoms. The lowest BCUT2D eigenvalue weighted by Crippen LogP contribution is -2.30. The summed E-state index contributed by atoms with van der Waals surface area (Å²) in [6.45, 7) is 2.57. The summed E-state index contributed by atoms with van der Waals surface area (Å²) in [6.07, 6.45) is 3.06.